The maximum Gasteiger partial charge on any atom is 0.122 e. The van der Waals surface area contributed by atoms with Gasteiger partial charge in [-0.1, -0.05) is 81.8 Å². The van der Waals surface area contributed by atoms with Gasteiger partial charge in [0.15, 0.2) is 0 Å². The Morgan fingerprint density at radius 1 is 0.773 bits per heavy atom. The summed E-state index contributed by atoms with van der Waals surface area (Å²) >= 11 is 0. The number of phenols is 1. The van der Waals surface area contributed by atoms with Gasteiger partial charge in [-0.15, -0.1) is 0 Å². The molecule has 2 unspecified atom stereocenters. The average molecular weight is 298 g/mol. The molecule has 2 rings (SSSR count). The molecule has 0 radical (unpaired) electrons. The minimum absolute atomic E-state index is 0.439. The average Bonchev–Trinajstić information content (AvgIpc) is 2.55. The molecule has 0 saturated carbocycles. The molecule has 0 amide bonds. The number of hydrogen-bond donors (Lipinski definition) is 1. The lowest BCUT2D eigenvalue weighted by Crippen LogP contribution is -1.98. The van der Waals surface area contributed by atoms with Crippen molar-refractivity contribution in [3.05, 3.63) is 65.2 Å². The van der Waals surface area contributed by atoms with E-state index in [0.717, 1.165) is 24.0 Å². The summed E-state index contributed by atoms with van der Waals surface area (Å²) in [4.78, 5) is 0. The molecule has 0 aliphatic heterocycles. The fourth-order valence-corrected chi connectivity index (χ4v) is 2.35. The van der Waals surface area contributed by atoms with Crippen molar-refractivity contribution in [1.29, 1.82) is 0 Å². The minimum atomic E-state index is 0.439. The molecule has 0 fully saturated rings. The van der Waals surface area contributed by atoms with Crippen molar-refractivity contribution >= 4 is 0 Å². The first-order valence-electron chi connectivity index (χ1n) is 8.34. The summed E-state index contributed by atoms with van der Waals surface area (Å²) in [6.07, 6.45) is 2.13. The summed E-state index contributed by atoms with van der Waals surface area (Å²) in [5.74, 6) is 1.39. The van der Waals surface area contributed by atoms with Crippen LogP contribution in [0, 0.1) is 6.92 Å². The molecule has 0 heterocycles. The first kappa shape index (κ1) is 18.3. The number of aryl methyl sites for hydroxylation is 1. The van der Waals surface area contributed by atoms with Crippen molar-refractivity contribution < 1.29 is 5.11 Å². The van der Waals surface area contributed by atoms with Crippen LogP contribution in [0.5, 0.6) is 5.75 Å². The van der Waals surface area contributed by atoms with Crippen LogP contribution in [-0.2, 0) is 0 Å². The minimum Gasteiger partial charge on any atom is -0.507 e. The zero-order valence-electron chi connectivity index (χ0n) is 14.6. The third-order valence-corrected chi connectivity index (χ3v) is 4.33. The second kappa shape index (κ2) is 9.30. The van der Waals surface area contributed by atoms with E-state index in [-0.39, 0.29) is 0 Å². The van der Waals surface area contributed by atoms with E-state index in [1.807, 2.05) is 30.3 Å². The molecular formula is C21H30O. The number of hydrogen-bond acceptors (Lipinski definition) is 1. The molecule has 0 bridgehead atoms. The van der Waals surface area contributed by atoms with Gasteiger partial charge >= 0.3 is 0 Å². The quantitative estimate of drug-likeness (QED) is 0.691. The Bertz CT molecular complexity index is 517. The van der Waals surface area contributed by atoms with Gasteiger partial charge in [-0.3, -0.25) is 0 Å². The van der Waals surface area contributed by atoms with Crippen molar-refractivity contribution in [2.45, 2.75) is 59.3 Å². The summed E-state index contributed by atoms with van der Waals surface area (Å²) in [7, 11) is 0. The predicted octanol–water partition coefficient (Wildman–Crippen LogP) is 6.41. The molecule has 0 aliphatic rings. The van der Waals surface area contributed by atoms with E-state index >= 15 is 0 Å². The molecule has 2 atom stereocenters. The number of phenolic OH excluding ortho intramolecular Hbond substituents is 1. The molecule has 0 aliphatic carbocycles. The Morgan fingerprint density at radius 2 is 1.23 bits per heavy atom. The summed E-state index contributed by atoms with van der Waals surface area (Å²) < 4.78 is 0. The van der Waals surface area contributed by atoms with Crippen LogP contribution in [0.4, 0.5) is 0 Å². The van der Waals surface area contributed by atoms with Crippen LogP contribution in [0.3, 0.4) is 0 Å². The zero-order chi connectivity index (χ0) is 16.5. The maximum absolute atomic E-state index is 10.2. The first-order chi connectivity index (χ1) is 10.5. The van der Waals surface area contributed by atoms with Crippen LogP contribution < -0.4 is 0 Å². The van der Waals surface area contributed by atoms with Gasteiger partial charge in [0.2, 0.25) is 0 Å². The Morgan fingerprint density at radius 3 is 1.55 bits per heavy atom. The van der Waals surface area contributed by atoms with Crippen LogP contribution >= 0.6 is 0 Å². The number of benzene rings is 2. The molecular weight excluding hydrogens is 268 g/mol. The molecule has 1 N–H and O–H groups in total. The van der Waals surface area contributed by atoms with Gasteiger partial charge in [0.05, 0.1) is 0 Å². The third-order valence-electron chi connectivity index (χ3n) is 4.33. The van der Waals surface area contributed by atoms with E-state index in [2.05, 4.69) is 52.8 Å². The van der Waals surface area contributed by atoms with Crippen molar-refractivity contribution in [3.63, 3.8) is 0 Å². The molecule has 0 saturated heterocycles. The van der Waals surface area contributed by atoms with Crippen LogP contribution in [0.15, 0.2) is 48.5 Å². The molecule has 1 heteroatoms. The van der Waals surface area contributed by atoms with E-state index in [9.17, 15) is 5.11 Å². The molecule has 0 aromatic heterocycles. The highest BCUT2D eigenvalue weighted by molar-refractivity contribution is 5.43. The monoisotopic (exact) mass is 298 g/mol. The molecule has 120 valence electrons. The van der Waals surface area contributed by atoms with E-state index in [1.54, 1.807) is 0 Å². The van der Waals surface area contributed by atoms with Gasteiger partial charge in [0.1, 0.15) is 5.75 Å². The zero-order valence-corrected chi connectivity index (χ0v) is 14.6. The van der Waals surface area contributed by atoms with Crippen molar-refractivity contribution in [3.8, 4) is 5.75 Å². The van der Waals surface area contributed by atoms with Crippen molar-refractivity contribution in [2.24, 2.45) is 0 Å². The molecule has 1 nitrogen and oxygen atoms in total. The lowest BCUT2D eigenvalue weighted by molar-refractivity contribution is 0.449. The van der Waals surface area contributed by atoms with Crippen molar-refractivity contribution in [1.82, 2.24) is 0 Å². The third kappa shape index (κ3) is 5.22. The Hall–Kier alpha value is -1.76. The summed E-state index contributed by atoms with van der Waals surface area (Å²) in [5, 5.41) is 10.2. The topological polar surface area (TPSA) is 20.2 Å². The summed E-state index contributed by atoms with van der Waals surface area (Å²) in [6, 6.07) is 16.4. The highest BCUT2D eigenvalue weighted by atomic mass is 16.3. The Labute approximate surface area is 136 Å². The molecule has 22 heavy (non-hydrogen) atoms. The number of rotatable bonds is 4. The van der Waals surface area contributed by atoms with E-state index in [0.29, 0.717) is 17.6 Å². The lowest BCUT2D eigenvalue weighted by atomic mass is 9.90. The van der Waals surface area contributed by atoms with Gasteiger partial charge < -0.3 is 5.11 Å². The fraction of sp³-hybridized carbons (Fsp3) is 0.429. The van der Waals surface area contributed by atoms with Gasteiger partial charge in [-0.05, 0) is 42.7 Å². The SMILES string of the molecule is CCC(C)c1cccc(C(C)CC)c1O.Cc1ccccc1. The highest BCUT2D eigenvalue weighted by Crippen LogP contribution is 2.35. The van der Waals surface area contributed by atoms with E-state index in [4.69, 9.17) is 0 Å². The Kier molecular flexibility index (Phi) is 7.73. The van der Waals surface area contributed by atoms with Gasteiger partial charge in [-0.2, -0.15) is 0 Å². The fourth-order valence-electron chi connectivity index (χ4n) is 2.35. The predicted molar refractivity (Wildman–Crippen MR) is 96.7 cm³/mol. The summed E-state index contributed by atoms with van der Waals surface area (Å²) in [5.41, 5.74) is 3.51. The van der Waals surface area contributed by atoms with Crippen LogP contribution in [0.1, 0.15) is 69.1 Å². The van der Waals surface area contributed by atoms with Gasteiger partial charge in [-0.25, -0.2) is 0 Å². The molecule has 2 aromatic carbocycles. The van der Waals surface area contributed by atoms with Crippen molar-refractivity contribution in [2.75, 3.05) is 0 Å². The smallest absolute Gasteiger partial charge is 0.122 e. The second-order valence-corrected chi connectivity index (χ2v) is 6.06. The summed E-state index contributed by atoms with van der Waals surface area (Å²) in [6.45, 7) is 10.7. The first-order valence-corrected chi connectivity index (χ1v) is 8.34. The second-order valence-electron chi connectivity index (χ2n) is 6.06. The van der Waals surface area contributed by atoms with E-state index in [1.165, 1.54) is 5.56 Å². The van der Waals surface area contributed by atoms with Crippen LogP contribution in [-0.4, -0.2) is 5.11 Å². The standard InChI is InChI=1S/C14H22O.C7H8/c1-5-10(3)12-8-7-9-13(14(12)15)11(4)6-2;1-7-5-3-2-4-6-7/h7-11,15H,5-6H2,1-4H3;2-6H,1H3. The van der Waals surface area contributed by atoms with E-state index < -0.39 is 0 Å². The molecule has 2 aromatic rings. The van der Waals surface area contributed by atoms with Gasteiger partial charge in [0, 0.05) is 0 Å². The van der Waals surface area contributed by atoms with Crippen LogP contribution in [0.25, 0.3) is 0 Å². The highest BCUT2D eigenvalue weighted by Gasteiger charge is 2.14. The molecule has 0 spiro atoms. The van der Waals surface area contributed by atoms with Crippen LogP contribution in [0.2, 0.25) is 0 Å². The lowest BCUT2D eigenvalue weighted by Gasteiger charge is -2.17. The van der Waals surface area contributed by atoms with Gasteiger partial charge in [0.25, 0.3) is 0 Å². The Balaban J connectivity index is 0.000000287. The largest absolute Gasteiger partial charge is 0.507 e. The maximum atomic E-state index is 10.2. The number of para-hydroxylation sites is 1. The normalized spacial score (nSPS) is 13.0. The number of aromatic hydroxyl groups is 1.